The Morgan fingerprint density at radius 2 is 1.19 bits per heavy atom. The first-order chi connectivity index (χ1) is 16.8. The van der Waals surface area contributed by atoms with Crippen LogP contribution in [0, 0.1) is 0 Å². The summed E-state index contributed by atoms with van der Waals surface area (Å²) >= 11 is 5.62. The van der Waals surface area contributed by atoms with E-state index in [2.05, 4.69) is 5.43 Å². The third-order valence-corrected chi connectivity index (χ3v) is 5.36. The number of anilines is 1. The zero-order valence-corrected chi connectivity index (χ0v) is 18.8. The molecule has 2 amide bonds. The highest BCUT2D eigenvalue weighted by molar-refractivity contribution is 6.29. The van der Waals surface area contributed by atoms with Crippen molar-refractivity contribution in [3.05, 3.63) is 101 Å². The molecular weight excluding hydrogens is 514 g/mol. The number of halogens is 7. The van der Waals surface area contributed by atoms with Crippen LogP contribution >= 0.6 is 11.6 Å². The van der Waals surface area contributed by atoms with Crippen LogP contribution in [0.1, 0.15) is 22.3 Å². The maximum absolute atomic E-state index is 13.4. The van der Waals surface area contributed by atoms with Gasteiger partial charge in [0, 0.05) is 0 Å². The highest BCUT2D eigenvalue weighted by atomic mass is 35.5. The molecule has 0 saturated heterocycles. The molecule has 3 rings (SSSR count). The molecule has 0 bridgehead atoms. The standard InChI is InChI=1S/C24H17ClF6N2O3/c25-14-20(34)33(19-10-2-1-3-11-19)32-21(35)22(36,15-6-4-8-17(12-15)23(26,27)28)16-7-5-9-18(13-16)24(29,30)31/h1-13,36H,14H2,(H,32,35). The first kappa shape index (κ1) is 27.0. The molecule has 0 atom stereocenters. The first-order valence-corrected chi connectivity index (χ1v) is 10.6. The fourth-order valence-corrected chi connectivity index (χ4v) is 3.48. The molecule has 0 aliphatic rings. The lowest BCUT2D eigenvalue weighted by atomic mass is 9.84. The second kappa shape index (κ2) is 10.2. The predicted octanol–water partition coefficient (Wildman–Crippen LogP) is 5.26. The molecule has 2 N–H and O–H groups in total. The van der Waals surface area contributed by atoms with Gasteiger partial charge in [0.2, 0.25) is 0 Å². The Balaban J connectivity index is 2.20. The Labute approximate surface area is 205 Å². The number of carbonyl (C=O) groups is 2. The van der Waals surface area contributed by atoms with Crippen LogP contribution in [0.5, 0.6) is 0 Å². The normalized spacial score (nSPS) is 12.2. The first-order valence-electron chi connectivity index (χ1n) is 10.1. The number of hydrogen-bond acceptors (Lipinski definition) is 3. The van der Waals surface area contributed by atoms with Crippen molar-refractivity contribution in [3.63, 3.8) is 0 Å². The zero-order valence-electron chi connectivity index (χ0n) is 18.1. The van der Waals surface area contributed by atoms with Crippen molar-refractivity contribution in [2.75, 3.05) is 10.9 Å². The largest absolute Gasteiger partial charge is 0.416 e. The summed E-state index contributed by atoms with van der Waals surface area (Å²) in [6, 6.07) is 13.3. The monoisotopic (exact) mass is 530 g/mol. The number of hydrazine groups is 1. The van der Waals surface area contributed by atoms with E-state index in [0.717, 1.165) is 24.3 Å². The van der Waals surface area contributed by atoms with Gasteiger partial charge in [-0.2, -0.15) is 26.3 Å². The zero-order chi connectivity index (χ0) is 26.7. The third kappa shape index (κ3) is 5.63. The van der Waals surface area contributed by atoms with Gasteiger partial charge in [0.1, 0.15) is 5.88 Å². The lowest BCUT2D eigenvalue weighted by Gasteiger charge is -2.32. The Morgan fingerprint density at radius 3 is 1.61 bits per heavy atom. The molecule has 3 aromatic carbocycles. The SMILES string of the molecule is O=C(CCl)N(NC(=O)C(O)(c1cccc(C(F)(F)F)c1)c1cccc(C(F)(F)F)c1)c1ccccc1. The number of nitrogens with one attached hydrogen (secondary N) is 1. The molecule has 0 spiro atoms. The predicted molar refractivity (Wildman–Crippen MR) is 119 cm³/mol. The van der Waals surface area contributed by atoms with Crippen LogP contribution in [-0.2, 0) is 27.5 Å². The van der Waals surface area contributed by atoms with E-state index in [1.54, 1.807) is 6.07 Å². The summed E-state index contributed by atoms with van der Waals surface area (Å²) < 4.78 is 80.2. The highest BCUT2D eigenvalue weighted by Crippen LogP contribution is 2.38. The summed E-state index contributed by atoms with van der Waals surface area (Å²) in [4.78, 5) is 25.9. The second-order valence-corrected chi connectivity index (χ2v) is 7.77. The maximum atomic E-state index is 13.4. The van der Waals surface area contributed by atoms with Crippen molar-refractivity contribution in [1.82, 2.24) is 5.43 Å². The van der Waals surface area contributed by atoms with Crippen LogP contribution in [0.25, 0.3) is 0 Å². The van der Waals surface area contributed by atoms with Gasteiger partial charge in [-0.3, -0.25) is 15.0 Å². The minimum absolute atomic E-state index is 0.0759. The average molecular weight is 531 g/mol. The van der Waals surface area contributed by atoms with Crippen molar-refractivity contribution < 1.29 is 41.0 Å². The van der Waals surface area contributed by atoms with E-state index < -0.39 is 57.9 Å². The second-order valence-electron chi connectivity index (χ2n) is 7.51. The molecule has 12 heteroatoms. The fourth-order valence-electron chi connectivity index (χ4n) is 3.36. The molecule has 0 saturated carbocycles. The Morgan fingerprint density at radius 1 is 0.750 bits per heavy atom. The molecule has 0 aliphatic carbocycles. The smallest absolute Gasteiger partial charge is 0.372 e. The van der Waals surface area contributed by atoms with Gasteiger partial charge in [-0.1, -0.05) is 42.5 Å². The maximum Gasteiger partial charge on any atom is 0.416 e. The lowest BCUT2D eigenvalue weighted by Crippen LogP contribution is -2.55. The van der Waals surface area contributed by atoms with Crippen LogP contribution < -0.4 is 10.4 Å². The number of hydrogen-bond donors (Lipinski definition) is 2. The van der Waals surface area contributed by atoms with Gasteiger partial charge in [0.25, 0.3) is 11.8 Å². The molecule has 190 valence electrons. The number of amides is 2. The summed E-state index contributed by atoms with van der Waals surface area (Å²) in [5, 5.41) is 12.2. The quantitative estimate of drug-likeness (QED) is 0.268. The summed E-state index contributed by atoms with van der Waals surface area (Å²) in [7, 11) is 0. The van der Waals surface area contributed by atoms with Crippen molar-refractivity contribution in [2.45, 2.75) is 18.0 Å². The summed E-state index contributed by atoms with van der Waals surface area (Å²) in [6.45, 7) is 0. The number of aliphatic hydroxyl groups is 1. The van der Waals surface area contributed by atoms with Crippen molar-refractivity contribution in [3.8, 4) is 0 Å². The Kier molecular flexibility index (Phi) is 7.65. The van der Waals surface area contributed by atoms with E-state index in [0.29, 0.717) is 29.3 Å². The van der Waals surface area contributed by atoms with Crippen LogP contribution in [0.2, 0.25) is 0 Å². The van der Waals surface area contributed by atoms with Crippen LogP contribution in [0.3, 0.4) is 0 Å². The van der Waals surface area contributed by atoms with E-state index in [9.17, 15) is 41.0 Å². The van der Waals surface area contributed by atoms with E-state index in [-0.39, 0.29) is 5.69 Å². The van der Waals surface area contributed by atoms with Crippen LogP contribution in [0.4, 0.5) is 32.0 Å². The summed E-state index contributed by atoms with van der Waals surface area (Å²) in [6.07, 6.45) is -9.77. The van der Waals surface area contributed by atoms with Gasteiger partial charge >= 0.3 is 12.4 Å². The van der Waals surface area contributed by atoms with E-state index in [4.69, 9.17) is 11.6 Å². The molecule has 0 fully saturated rings. The number of para-hydroxylation sites is 1. The van der Waals surface area contributed by atoms with Crippen LogP contribution in [-0.4, -0.2) is 22.8 Å². The van der Waals surface area contributed by atoms with Gasteiger partial charge in [0.15, 0.2) is 5.60 Å². The molecule has 0 aliphatic heterocycles. The van der Waals surface area contributed by atoms with E-state index in [1.807, 2.05) is 0 Å². The van der Waals surface area contributed by atoms with Gasteiger partial charge in [-0.15, -0.1) is 11.6 Å². The Hall–Kier alpha value is -3.57. The summed E-state index contributed by atoms with van der Waals surface area (Å²) in [5.41, 5.74) is -4.79. The van der Waals surface area contributed by atoms with E-state index in [1.165, 1.54) is 24.3 Å². The molecule has 0 heterocycles. The van der Waals surface area contributed by atoms with Crippen molar-refractivity contribution >= 4 is 29.1 Å². The molecule has 36 heavy (non-hydrogen) atoms. The molecule has 0 unspecified atom stereocenters. The molecule has 0 radical (unpaired) electrons. The number of rotatable bonds is 5. The van der Waals surface area contributed by atoms with Gasteiger partial charge in [-0.05, 0) is 47.5 Å². The lowest BCUT2D eigenvalue weighted by molar-refractivity contribution is -0.141. The van der Waals surface area contributed by atoms with Crippen LogP contribution in [0.15, 0.2) is 78.9 Å². The minimum Gasteiger partial charge on any atom is -0.372 e. The number of alkyl halides is 7. The van der Waals surface area contributed by atoms with Gasteiger partial charge < -0.3 is 5.11 Å². The molecule has 5 nitrogen and oxygen atoms in total. The average Bonchev–Trinajstić information content (AvgIpc) is 2.85. The summed E-state index contributed by atoms with van der Waals surface area (Å²) in [5.74, 6) is -3.02. The molecule has 0 aromatic heterocycles. The van der Waals surface area contributed by atoms with Crippen molar-refractivity contribution in [2.24, 2.45) is 0 Å². The molecule has 3 aromatic rings. The van der Waals surface area contributed by atoms with E-state index >= 15 is 0 Å². The number of nitrogens with zero attached hydrogens (tertiary/aromatic N) is 1. The molecular formula is C24H17ClF6N2O3. The number of carbonyl (C=O) groups excluding carboxylic acids is 2. The minimum atomic E-state index is -4.88. The fraction of sp³-hybridized carbons (Fsp3) is 0.167. The van der Waals surface area contributed by atoms with Gasteiger partial charge in [-0.25, -0.2) is 5.01 Å². The van der Waals surface area contributed by atoms with Crippen molar-refractivity contribution in [1.29, 1.82) is 0 Å². The topological polar surface area (TPSA) is 69.6 Å². The Bertz CT molecular complexity index is 1190. The highest BCUT2D eigenvalue weighted by Gasteiger charge is 2.44. The third-order valence-electron chi connectivity index (χ3n) is 5.14. The van der Waals surface area contributed by atoms with Gasteiger partial charge in [0.05, 0.1) is 16.8 Å². The number of benzene rings is 3.